The van der Waals surface area contributed by atoms with Crippen LogP contribution in [0.25, 0.3) is 10.9 Å². The first kappa shape index (κ1) is 34.1. The molecule has 49 heavy (non-hydrogen) atoms. The second kappa shape index (κ2) is 12.9. The largest absolute Gasteiger partial charge is 0.497 e. The highest BCUT2D eigenvalue weighted by Gasteiger charge is 2.63. The molecule has 1 aromatic heterocycles. The summed E-state index contributed by atoms with van der Waals surface area (Å²) in [5.41, 5.74) is 3.21. The number of methoxy groups -OCH3 is 1. The second-order valence-corrected chi connectivity index (χ2v) is 18.2. The number of pyridine rings is 1. The molecule has 3 saturated heterocycles. The maximum atomic E-state index is 12.1. The standard InChI is InChI=1S/C43H62N2O4/c1-6-26-24-45-18-16-27(26)19-39(45)41(48)34-21-29(44-38-14-10-31(49-5)22-33(34)38)9-7-25(2)35-12-13-36-32-11-8-28-20-30(46)15-17-42(28,3)37(32)23-40(47)43(35,36)4/h6,10,14,21-22,25-28,30,32,35-37,39-41,46-48H,1,7-9,11-13,15-20,23-24H2,2-5H3/t25-,26+,27+,28-,30-,32+,35-,36+,37+,39-,40+,41+,42+,43-/m1/s1. The number of piperidine rings is 3. The second-order valence-electron chi connectivity index (χ2n) is 18.2. The SMILES string of the molecule is C=C[C@H]1CN2CC[C@H]1C[C@@H]2[C@@H](O)c1cc(CC[C@@H](C)[C@H]2CC[C@H]3[C@@H]4CC[C@@H]5C[C@H](O)CC[C@]5(C)[C@H]4C[C@H](O)[C@]23C)nc2ccc(OC)cc12. The lowest BCUT2D eigenvalue weighted by molar-refractivity contribution is -0.174. The van der Waals surface area contributed by atoms with Gasteiger partial charge in [-0.25, -0.2) is 0 Å². The summed E-state index contributed by atoms with van der Waals surface area (Å²) in [4.78, 5) is 7.66. The minimum Gasteiger partial charge on any atom is -0.497 e. The number of ether oxygens (including phenoxy) is 1. The maximum Gasteiger partial charge on any atom is 0.119 e. The van der Waals surface area contributed by atoms with E-state index in [1.54, 1.807) is 7.11 Å². The minimum atomic E-state index is -0.577. The molecule has 0 spiro atoms. The molecule has 0 amide bonds. The topological polar surface area (TPSA) is 86.1 Å². The Labute approximate surface area is 294 Å². The van der Waals surface area contributed by atoms with E-state index in [0.717, 1.165) is 85.9 Å². The van der Waals surface area contributed by atoms with E-state index < -0.39 is 6.10 Å². The number of aryl methyl sites for hydroxylation is 1. The van der Waals surface area contributed by atoms with Crippen LogP contribution in [0.5, 0.6) is 5.75 Å². The summed E-state index contributed by atoms with van der Waals surface area (Å²) in [6.07, 6.45) is 14.2. The van der Waals surface area contributed by atoms with E-state index in [2.05, 4.69) is 56.5 Å². The summed E-state index contributed by atoms with van der Waals surface area (Å²) in [7, 11) is 1.70. The highest BCUT2D eigenvalue weighted by Crippen LogP contribution is 2.68. The third-order valence-electron chi connectivity index (χ3n) is 16.3. The van der Waals surface area contributed by atoms with Crippen molar-refractivity contribution in [1.29, 1.82) is 0 Å². The van der Waals surface area contributed by atoms with E-state index in [-0.39, 0.29) is 29.1 Å². The number of rotatable bonds is 8. The zero-order chi connectivity index (χ0) is 34.2. The van der Waals surface area contributed by atoms with Crippen LogP contribution in [0.4, 0.5) is 0 Å². The molecule has 4 saturated carbocycles. The van der Waals surface area contributed by atoms with Gasteiger partial charge in [-0.3, -0.25) is 9.88 Å². The number of hydrogen-bond donors (Lipinski definition) is 3. The molecule has 1 unspecified atom stereocenters. The lowest BCUT2D eigenvalue weighted by Crippen LogP contribution is -2.58. The molecule has 4 aliphatic carbocycles. The van der Waals surface area contributed by atoms with Crippen molar-refractivity contribution in [2.75, 3.05) is 20.2 Å². The fraction of sp³-hybridized carbons (Fsp3) is 0.744. The molecule has 6 heteroatoms. The van der Waals surface area contributed by atoms with Crippen molar-refractivity contribution in [2.45, 2.75) is 122 Å². The highest BCUT2D eigenvalue weighted by atomic mass is 16.5. The van der Waals surface area contributed by atoms with Crippen LogP contribution in [-0.2, 0) is 6.42 Å². The van der Waals surface area contributed by atoms with Gasteiger partial charge in [-0.05, 0) is 172 Å². The Morgan fingerprint density at radius 1 is 1.04 bits per heavy atom. The number of aliphatic hydroxyl groups is 3. The molecule has 4 heterocycles. The average molecular weight is 671 g/mol. The van der Waals surface area contributed by atoms with Crippen molar-refractivity contribution in [3.63, 3.8) is 0 Å². The normalized spacial score (nSPS) is 44.1. The Bertz CT molecular complexity index is 1550. The third kappa shape index (κ3) is 5.52. The van der Waals surface area contributed by atoms with Crippen molar-refractivity contribution in [3.8, 4) is 5.75 Å². The van der Waals surface area contributed by atoms with Crippen LogP contribution in [0.15, 0.2) is 36.9 Å². The van der Waals surface area contributed by atoms with Crippen LogP contribution in [0.3, 0.4) is 0 Å². The van der Waals surface area contributed by atoms with Crippen molar-refractivity contribution in [1.82, 2.24) is 9.88 Å². The number of benzene rings is 1. The molecule has 2 aromatic rings. The molecule has 15 atom stereocenters. The van der Waals surface area contributed by atoms with Crippen LogP contribution in [0, 0.1) is 58.2 Å². The van der Waals surface area contributed by atoms with E-state index >= 15 is 0 Å². The average Bonchev–Trinajstić information content (AvgIpc) is 3.49. The number of aromatic nitrogens is 1. The Balaban J connectivity index is 1.01. The summed E-state index contributed by atoms with van der Waals surface area (Å²) in [5, 5.41) is 35.6. The Kier molecular flexibility index (Phi) is 8.98. The van der Waals surface area contributed by atoms with E-state index in [0.29, 0.717) is 47.3 Å². The van der Waals surface area contributed by atoms with Gasteiger partial charge in [0.05, 0.1) is 30.9 Å². The molecule has 9 rings (SSSR count). The third-order valence-corrected chi connectivity index (χ3v) is 16.3. The maximum absolute atomic E-state index is 12.1. The summed E-state index contributed by atoms with van der Waals surface area (Å²) in [5.74, 6) is 5.40. The van der Waals surface area contributed by atoms with Gasteiger partial charge in [0, 0.05) is 23.7 Å². The van der Waals surface area contributed by atoms with Gasteiger partial charge in [-0.2, -0.15) is 0 Å². The fourth-order valence-corrected chi connectivity index (χ4v) is 13.4. The van der Waals surface area contributed by atoms with Gasteiger partial charge in [0.15, 0.2) is 0 Å². The Hall–Kier alpha value is -1.99. The Morgan fingerprint density at radius 2 is 1.88 bits per heavy atom. The van der Waals surface area contributed by atoms with Crippen LogP contribution in [0.2, 0.25) is 0 Å². The van der Waals surface area contributed by atoms with Crippen molar-refractivity contribution in [3.05, 3.63) is 48.2 Å². The van der Waals surface area contributed by atoms with Crippen LogP contribution < -0.4 is 4.74 Å². The summed E-state index contributed by atoms with van der Waals surface area (Å²) >= 11 is 0. The first-order valence-corrected chi connectivity index (χ1v) is 19.9. The lowest BCUT2D eigenvalue weighted by Gasteiger charge is -2.62. The molecule has 0 radical (unpaired) electrons. The molecular formula is C43H62N2O4. The predicted octanol–water partition coefficient (Wildman–Crippen LogP) is 7.73. The van der Waals surface area contributed by atoms with Crippen LogP contribution >= 0.6 is 0 Å². The summed E-state index contributed by atoms with van der Waals surface area (Å²) in [6, 6.07) is 8.41. The highest BCUT2D eigenvalue weighted by molar-refractivity contribution is 5.84. The monoisotopic (exact) mass is 670 g/mol. The van der Waals surface area contributed by atoms with Crippen molar-refractivity contribution in [2.24, 2.45) is 58.2 Å². The minimum absolute atomic E-state index is 0.0370. The lowest BCUT2D eigenvalue weighted by atomic mass is 9.43. The molecule has 2 bridgehead atoms. The van der Waals surface area contributed by atoms with E-state index in [9.17, 15) is 15.3 Å². The first-order valence-electron chi connectivity index (χ1n) is 19.9. The first-order chi connectivity index (χ1) is 23.5. The Morgan fingerprint density at radius 3 is 2.63 bits per heavy atom. The van der Waals surface area contributed by atoms with Gasteiger partial charge in [0.2, 0.25) is 0 Å². The van der Waals surface area contributed by atoms with Gasteiger partial charge in [-0.15, -0.1) is 6.58 Å². The molecule has 268 valence electrons. The van der Waals surface area contributed by atoms with Gasteiger partial charge < -0.3 is 20.1 Å². The van der Waals surface area contributed by atoms with Crippen molar-refractivity contribution < 1.29 is 20.1 Å². The van der Waals surface area contributed by atoms with Gasteiger partial charge in [0.25, 0.3) is 0 Å². The zero-order valence-electron chi connectivity index (χ0n) is 30.6. The zero-order valence-corrected chi connectivity index (χ0v) is 30.6. The molecule has 7 fully saturated rings. The van der Waals surface area contributed by atoms with Crippen LogP contribution in [0.1, 0.15) is 109 Å². The number of nitrogens with zero attached hydrogens (tertiary/aromatic N) is 2. The smallest absolute Gasteiger partial charge is 0.119 e. The van der Waals surface area contributed by atoms with Gasteiger partial charge >= 0.3 is 0 Å². The quantitative estimate of drug-likeness (QED) is 0.249. The molecule has 3 N–H and O–H groups in total. The number of fused-ring (bicyclic) bond motifs is 9. The molecule has 3 aliphatic heterocycles. The molecule has 6 nitrogen and oxygen atoms in total. The molecule has 7 aliphatic rings. The number of aliphatic hydroxyl groups excluding tert-OH is 3. The number of hydrogen-bond acceptors (Lipinski definition) is 6. The van der Waals surface area contributed by atoms with E-state index in [4.69, 9.17) is 9.72 Å². The van der Waals surface area contributed by atoms with E-state index in [1.807, 2.05) is 6.07 Å². The van der Waals surface area contributed by atoms with Gasteiger partial charge in [-0.1, -0.05) is 26.8 Å². The van der Waals surface area contributed by atoms with E-state index in [1.165, 1.54) is 32.1 Å². The summed E-state index contributed by atoms with van der Waals surface area (Å²) in [6.45, 7) is 13.5. The predicted molar refractivity (Wildman–Crippen MR) is 195 cm³/mol. The van der Waals surface area contributed by atoms with Crippen LogP contribution in [-0.4, -0.2) is 63.7 Å². The fourth-order valence-electron chi connectivity index (χ4n) is 13.4. The molecule has 1 aromatic carbocycles. The van der Waals surface area contributed by atoms with Gasteiger partial charge in [0.1, 0.15) is 5.75 Å². The molecular weight excluding hydrogens is 608 g/mol. The van der Waals surface area contributed by atoms with Crippen molar-refractivity contribution >= 4 is 10.9 Å². The summed E-state index contributed by atoms with van der Waals surface area (Å²) < 4.78 is 5.62.